The lowest BCUT2D eigenvalue weighted by atomic mass is 9.99. The molecule has 3 aromatic rings. The third kappa shape index (κ3) is 6.75. The first-order chi connectivity index (χ1) is 19.8. The van der Waals surface area contributed by atoms with Gasteiger partial charge in [-0.2, -0.15) is 0 Å². The molecule has 0 saturated heterocycles. The van der Waals surface area contributed by atoms with E-state index in [1.807, 2.05) is 18.9 Å². The molecule has 2 aromatic carbocycles. The van der Waals surface area contributed by atoms with E-state index in [2.05, 4.69) is 9.88 Å². The van der Waals surface area contributed by atoms with E-state index in [1.165, 1.54) is 26.0 Å². The summed E-state index contributed by atoms with van der Waals surface area (Å²) in [5, 5.41) is 22.8. The van der Waals surface area contributed by atoms with Crippen LogP contribution in [-0.4, -0.2) is 84.4 Å². The van der Waals surface area contributed by atoms with Crippen LogP contribution in [0, 0.1) is 19.8 Å². The van der Waals surface area contributed by atoms with Crippen molar-refractivity contribution >= 4 is 27.6 Å². The number of aliphatic hydroxyl groups is 1. The molecule has 1 aliphatic rings. The van der Waals surface area contributed by atoms with Crippen LogP contribution in [0.15, 0.2) is 51.9 Å². The number of sulfonamides is 1. The number of nitrogens with one attached hydrogen (secondary N) is 1. The molecule has 2 heterocycles. The van der Waals surface area contributed by atoms with Crippen LogP contribution in [0.1, 0.15) is 51.6 Å². The second kappa shape index (κ2) is 12.5. The Hall–Kier alpha value is -3.94. The zero-order valence-electron chi connectivity index (χ0n) is 24.2. The van der Waals surface area contributed by atoms with Crippen molar-refractivity contribution in [2.75, 3.05) is 31.5 Å². The molecule has 3 atom stereocenters. The molecule has 1 amide bonds. The van der Waals surface area contributed by atoms with E-state index in [-0.39, 0.29) is 57.7 Å². The molecule has 226 valence electrons. The number of ether oxygens (including phenoxy) is 1. The van der Waals surface area contributed by atoms with Gasteiger partial charge in [0, 0.05) is 31.2 Å². The van der Waals surface area contributed by atoms with E-state index in [9.17, 15) is 23.1 Å². The Labute approximate surface area is 244 Å². The van der Waals surface area contributed by atoms with Crippen LogP contribution in [-0.2, 0) is 16.6 Å². The predicted octanol–water partition coefficient (Wildman–Crippen LogP) is 3.14. The highest BCUT2D eigenvalue weighted by molar-refractivity contribution is 7.92. The molecule has 1 aromatic heterocycles. The number of aliphatic hydroxyl groups excluding tert-OH is 1. The first-order valence-electron chi connectivity index (χ1n) is 13.5. The number of aromatic nitrogens is 1. The summed E-state index contributed by atoms with van der Waals surface area (Å²) in [7, 11) is -2.13. The van der Waals surface area contributed by atoms with E-state index in [1.54, 1.807) is 42.2 Å². The Kier molecular flexibility index (Phi) is 9.24. The molecular formula is C29H36N4O8S. The highest BCUT2D eigenvalue weighted by atomic mass is 32.2. The maximum Gasteiger partial charge on any atom is 0.335 e. The monoisotopic (exact) mass is 600 g/mol. The van der Waals surface area contributed by atoms with Gasteiger partial charge in [0.2, 0.25) is 0 Å². The number of carbonyl (C=O) groups excluding carboxylic acids is 1. The molecule has 0 fully saturated rings. The topological polar surface area (TPSA) is 163 Å². The lowest BCUT2D eigenvalue weighted by Gasteiger charge is -2.38. The van der Waals surface area contributed by atoms with Crippen molar-refractivity contribution < 1.29 is 37.5 Å². The van der Waals surface area contributed by atoms with E-state index in [4.69, 9.17) is 14.4 Å². The molecule has 3 N–H and O–H groups in total. The second-order valence-electron chi connectivity index (χ2n) is 10.8. The van der Waals surface area contributed by atoms with Gasteiger partial charge in [-0.05, 0) is 63.7 Å². The minimum absolute atomic E-state index is 0.0677. The number of benzene rings is 2. The molecule has 0 saturated carbocycles. The van der Waals surface area contributed by atoms with Crippen LogP contribution < -0.4 is 9.46 Å². The van der Waals surface area contributed by atoms with Crippen LogP contribution in [0.3, 0.4) is 0 Å². The quantitative estimate of drug-likeness (QED) is 0.315. The summed E-state index contributed by atoms with van der Waals surface area (Å²) in [5.74, 6) is -1.05. The van der Waals surface area contributed by atoms with Crippen molar-refractivity contribution in [2.24, 2.45) is 5.92 Å². The van der Waals surface area contributed by atoms with E-state index in [0.29, 0.717) is 25.4 Å². The zero-order chi connectivity index (χ0) is 30.8. The molecule has 0 aliphatic carbocycles. The number of carboxylic acids is 1. The van der Waals surface area contributed by atoms with Gasteiger partial charge in [0.05, 0.1) is 23.8 Å². The number of anilines is 1. The number of rotatable bonds is 10. The Bertz CT molecular complexity index is 1530. The summed E-state index contributed by atoms with van der Waals surface area (Å²) in [5.41, 5.74) is 1.69. The van der Waals surface area contributed by atoms with Crippen molar-refractivity contribution in [3.05, 3.63) is 70.6 Å². The number of carboxylic acid groups (broad SMARTS) is 1. The fourth-order valence-corrected chi connectivity index (χ4v) is 6.39. The number of likely N-dealkylation sites (N-methyl/N-ethyl adjacent to an activating group) is 1. The van der Waals surface area contributed by atoms with Crippen molar-refractivity contribution in [1.29, 1.82) is 0 Å². The molecule has 0 bridgehead atoms. The van der Waals surface area contributed by atoms with E-state index < -0.39 is 22.0 Å². The van der Waals surface area contributed by atoms with Crippen LogP contribution in [0.5, 0.6) is 5.75 Å². The SMILES string of the molecule is Cc1noc(C)c1S(=O)(=O)Nc1ccc2c(c1)C(=O)N([C@H](C)CO)C[C@@H](C)[C@H](CN(C)Cc1ccc(C(=O)O)cc1)O2. The number of aromatic carboxylic acids is 1. The molecule has 1 aliphatic heterocycles. The Morgan fingerprint density at radius 3 is 2.50 bits per heavy atom. The van der Waals surface area contributed by atoms with Crippen LogP contribution in [0.2, 0.25) is 0 Å². The third-order valence-corrected chi connectivity index (χ3v) is 8.92. The average Bonchev–Trinajstić information content (AvgIpc) is 3.29. The smallest absolute Gasteiger partial charge is 0.335 e. The first-order valence-corrected chi connectivity index (χ1v) is 15.0. The predicted molar refractivity (Wildman–Crippen MR) is 154 cm³/mol. The van der Waals surface area contributed by atoms with Gasteiger partial charge in [0.1, 0.15) is 17.5 Å². The second-order valence-corrected chi connectivity index (χ2v) is 12.4. The molecule has 4 rings (SSSR count). The van der Waals surface area contributed by atoms with Gasteiger partial charge in [-0.25, -0.2) is 13.2 Å². The van der Waals surface area contributed by atoms with Crippen molar-refractivity contribution in [2.45, 2.75) is 51.3 Å². The summed E-state index contributed by atoms with van der Waals surface area (Å²) < 4.78 is 40.1. The summed E-state index contributed by atoms with van der Waals surface area (Å²) in [6.45, 7) is 7.84. The normalized spacial score (nSPS) is 18.2. The molecule has 12 nitrogen and oxygen atoms in total. The largest absolute Gasteiger partial charge is 0.488 e. The fraction of sp³-hybridized carbons (Fsp3) is 0.414. The highest BCUT2D eigenvalue weighted by Crippen LogP contribution is 2.32. The summed E-state index contributed by atoms with van der Waals surface area (Å²) >= 11 is 0. The maximum atomic E-state index is 13.7. The summed E-state index contributed by atoms with van der Waals surface area (Å²) in [6.07, 6.45) is -0.363. The van der Waals surface area contributed by atoms with Crippen molar-refractivity contribution in [3.8, 4) is 5.75 Å². The van der Waals surface area contributed by atoms with Crippen LogP contribution in [0.4, 0.5) is 5.69 Å². The number of hydrogen-bond acceptors (Lipinski definition) is 9. The number of amides is 1. The molecule has 0 spiro atoms. The number of hydrogen-bond donors (Lipinski definition) is 3. The Morgan fingerprint density at radius 1 is 1.21 bits per heavy atom. The van der Waals surface area contributed by atoms with Crippen molar-refractivity contribution in [3.63, 3.8) is 0 Å². The maximum absolute atomic E-state index is 13.7. The molecule has 0 unspecified atom stereocenters. The van der Waals surface area contributed by atoms with Gasteiger partial charge >= 0.3 is 5.97 Å². The van der Waals surface area contributed by atoms with Crippen LogP contribution in [0.25, 0.3) is 0 Å². The standard InChI is InChI=1S/C29H36N4O8S/c1-17-13-33(18(2)16-34)28(35)24-12-23(31-42(38,39)27-19(3)30-41-20(27)4)10-11-25(24)40-26(17)15-32(5)14-21-6-8-22(9-7-21)29(36)37/h6-12,17-18,26,31,34H,13-16H2,1-5H3,(H,36,37)/t17-,18-,26+/m1/s1. The first kappa shape index (κ1) is 31.0. The molecule has 13 heteroatoms. The summed E-state index contributed by atoms with van der Waals surface area (Å²) in [6, 6.07) is 10.7. The Morgan fingerprint density at radius 2 is 1.90 bits per heavy atom. The van der Waals surface area contributed by atoms with Gasteiger partial charge in [-0.3, -0.25) is 14.4 Å². The van der Waals surface area contributed by atoms with Gasteiger partial charge in [-0.1, -0.05) is 24.2 Å². The van der Waals surface area contributed by atoms with E-state index in [0.717, 1.165) is 5.56 Å². The number of carbonyl (C=O) groups is 2. The lowest BCUT2D eigenvalue weighted by molar-refractivity contribution is 0.0341. The molecular weight excluding hydrogens is 564 g/mol. The molecule has 0 radical (unpaired) electrons. The van der Waals surface area contributed by atoms with Gasteiger partial charge in [-0.15, -0.1) is 0 Å². The van der Waals surface area contributed by atoms with Gasteiger partial charge < -0.3 is 24.4 Å². The van der Waals surface area contributed by atoms with Crippen LogP contribution >= 0.6 is 0 Å². The molecule has 42 heavy (non-hydrogen) atoms. The van der Waals surface area contributed by atoms with Crippen molar-refractivity contribution in [1.82, 2.24) is 15.0 Å². The summed E-state index contributed by atoms with van der Waals surface area (Å²) in [4.78, 5) is 28.4. The minimum atomic E-state index is -4.05. The van der Waals surface area contributed by atoms with Gasteiger partial charge in [0.15, 0.2) is 10.7 Å². The fourth-order valence-electron chi connectivity index (χ4n) is 5.00. The average molecular weight is 601 g/mol. The van der Waals surface area contributed by atoms with E-state index >= 15 is 0 Å². The number of fused-ring (bicyclic) bond motifs is 1. The minimum Gasteiger partial charge on any atom is -0.488 e. The lowest BCUT2D eigenvalue weighted by Crippen LogP contribution is -2.49. The third-order valence-electron chi connectivity index (χ3n) is 7.30. The number of aryl methyl sites for hydroxylation is 2. The van der Waals surface area contributed by atoms with Gasteiger partial charge in [0.25, 0.3) is 15.9 Å². The Balaban J connectivity index is 1.62. The zero-order valence-corrected chi connectivity index (χ0v) is 25.0. The number of nitrogens with zero attached hydrogens (tertiary/aromatic N) is 3. The highest BCUT2D eigenvalue weighted by Gasteiger charge is 2.34.